The molecular weight excluding hydrogens is 320 g/mol. The van der Waals surface area contributed by atoms with Crippen LogP contribution >= 0.6 is 12.2 Å². The molecule has 3 aromatic rings. The van der Waals surface area contributed by atoms with Crippen LogP contribution in [0, 0.1) is 0 Å². The molecule has 0 heterocycles. The number of ether oxygens (including phenoxy) is 1. The van der Waals surface area contributed by atoms with Crippen molar-refractivity contribution < 1.29 is 9.84 Å². The van der Waals surface area contributed by atoms with Crippen molar-refractivity contribution in [2.75, 3.05) is 7.11 Å². The second kappa shape index (κ2) is 6.76. The van der Waals surface area contributed by atoms with Crippen LogP contribution in [-0.2, 0) is 0 Å². The lowest BCUT2D eigenvalue weighted by molar-refractivity contribution is 0.414. The van der Waals surface area contributed by atoms with Gasteiger partial charge in [-0.2, -0.15) is 0 Å². The van der Waals surface area contributed by atoms with Gasteiger partial charge in [-0.1, -0.05) is 42.5 Å². The Morgan fingerprint density at radius 1 is 1.08 bits per heavy atom. The van der Waals surface area contributed by atoms with Gasteiger partial charge in [0.25, 0.3) is 0 Å². The first-order valence-electron chi connectivity index (χ1n) is 7.50. The Balaban J connectivity index is 2.19. The summed E-state index contributed by atoms with van der Waals surface area (Å²) in [5.41, 5.74) is 7.40. The number of benzene rings is 3. The van der Waals surface area contributed by atoms with Crippen molar-refractivity contribution in [3.8, 4) is 11.5 Å². The highest BCUT2D eigenvalue weighted by atomic mass is 32.1. The quantitative estimate of drug-likeness (QED) is 0.636. The van der Waals surface area contributed by atoms with E-state index in [0.29, 0.717) is 0 Å². The molecule has 0 aliphatic carbocycles. The number of nitrogens with one attached hydrogen (secondary N) is 1. The Hall–Kier alpha value is -2.79. The summed E-state index contributed by atoms with van der Waals surface area (Å²) in [5.74, 6) is 0.952. The van der Waals surface area contributed by atoms with Gasteiger partial charge in [-0.25, -0.2) is 0 Å². The maximum absolute atomic E-state index is 10.5. The molecule has 122 valence electrons. The Kier molecular flexibility index (Phi) is 4.53. The molecule has 0 aliphatic heterocycles. The minimum atomic E-state index is -0.362. The third-order valence-corrected chi connectivity index (χ3v) is 4.09. The molecule has 0 aliphatic rings. The summed E-state index contributed by atoms with van der Waals surface area (Å²) in [6.07, 6.45) is 0. The minimum Gasteiger partial charge on any atom is -0.508 e. The predicted octanol–water partition coefficient (Wildman–Crippen LogP) is 3.48. The third-order valence-electron chi connectivity index (χ3n) is 3.97. The number of nitrogens with two attached hydrogens (primary N) is 1. The molecule has 4 nitrogen and oxygen atoms in total. The maximum atomic E-state index is 10.5. The van der Waals surface area contributed by atoms with E-state index < -0.39 is 0 Å². The summed E-state index contributed by atoms with van der Waals surface area (Å²) in [6.45, 7) is 0. The highest BCUT2D eigenvalue weighted by molar-refractivity contribution is 7.80. The van der Waals surface area contributed by atoms with Crippen LogP contribution in [0.15, 0.2) is 60.7 Å². The number of hydrogen-bond acceptors (Lipinski definition) is 3. The number of fused-ring (bicyclic) bond motifs is 1. The fraction of sp³-hybridized carbons (Fsp3) is 0.105. The van der Waals surface area contributed by atoms with Gasteiger partial charge in [-0.05, 0) is 46.8 Å². The van der Waals surface area contributed by atoms with E-state index in [2.05, 4.69) is 5.32 Å². The topological polar surface area (TPSA) is 67.5 Å². The molecule has 0 bridgehead atoms. The number of aromatic hydroxyl groups is 1. The van der Waals surface area contributed by atoms with Gasteiger partial charge >= 0.3 is 0 Å². The molecule has 0 spiro atoms. The summed E-state index contributed by atoms with van der Waals surface area (Å²) >= 11 is 5.05. The zero-order valence-electron chi connectivity index (χ0n) is 13.2. The van der Waals surface area contributed by atoms with Gasteiger partial charge < -0.3 is 20.9 Å². The van der Waals surface area contributed by atoms with Crippen molar-refractivity contribution in [1.82, 2.24) is 5.32 Å². The first-order valence-corrected chi connectivity index (χ1v) is 7.91. The molecule has 4 N–H and O–H groups in total. The normalized spacial score (nSPS) is 11.9. The van der Waals surface area contributed by atoms with Gasteiger partial charge in [0.2, 0.25) is 0 Å². The lowest BCUT2D eigenvalue weighted by Gasteiger charge is -2.23. The molecule has 3 aromatic carbocycles. The van der Waals surface area contributed by atoms with Crippen LogP contribution in [0.5, 0.6) is 11.5 Å². The number of rotatable bonds is 4. The van der Waals surface area contributed by atoms with Crippen molar-refractivity contribution in [2.45, 2.75) is 6.04 Å². The van der Waals surface area contributed by atoms with Crippen LogP contribution in [0.1, 0.15) is 17.2 Å². The van der Waals surface area contributed by atoms with E-state index in [1.165, 1.54) is 0 Å². The molecule has 0 saturated carbocycles. The van der Waals surface area contributed by atoms with Crippen molar-refractivity contribution in [2.24, 2.45) is 5.73 Å². The first-order chi connectivity index (χ1) is 11.6. The third kappa shape index (κ3) is 3.12. The summed E-state index contributed by atoms with van der Waals surface area (Å²) in [6, 6.07) is 18.7. The lowest BCUT2D eigenvalue weighted by Crippen LogP contribution is -2.33. The van der Waals surface area contributed by atoms with Gasteiger partial charge in [0, 0.05) is 5.56 Å². The van der Waals surface area contributed by atoms with Gasteiger partial charge in [0.15, 0.2) is 5.11 Å². The van der Waals surface area contributed by atoms with Crippen LogP contribution in [-0.4, -0.2) is 17.3 Å². The summed E-state index contributed by atoms with van der Waals surface area (Å²) in [7, 11) is 1.62. The highest BCUT2D eigenvalue weighted by Gasteiger charge is 2.21. The first kappa shape index (κ1) is 16.1. The minimum absolute atomic E-state index is 0.170. The predicted molar refractivity (Wildman–Crippen MR) is 100 cm³/mol. The number of phenolic OH excluding ortho intramolecular Hbond substituents is 1. The van der Waals surface area contributed by atoms with Gasteiger partial charge in [0.05, 0.1) is 13.2 Å². The standard InChI is InChI=1S/C19H18N2O2S/c1-23-14-9-6-13(7-10-14)18(21-19(20)24)17-15-5-3-2-4-12(15)8-11-16(17)22/h2-11,18,22H,1H3,(H3,20,21,24). The van der Waals surface area contributed by atoms with Crippen LogP contribution in [0.25, 0.3) is 10.8 Å². The molecule has 0 fully saturated rings. The van der Waals surface area contributed by atoms with Crippen LogP contribution in [0.2, 0.25) is 0 Å². The summed E-state index contributed by atoms with van der Waals surface area (Å²) < 4.78 is 5.21. The van der Waals surface area contributed by atoms with E-state index in [1.54, 1.807) is 13.2 Å². The van der Waals surface area contributed by atoms with E-state index in [0.717, 1.165) is 27.6 Å². The van der Waals surface area contributed by atoms with E-state index in [1.807, 2.05) is 54.6 Å². The molecule has 1 atom stereocenters. The average Bonchev–Trinajstić information content (AvgIpc) is 2.60. The van der Waals surface area contributed by atoms with E-state index >= 15 is 0 Å². The largest absolute Gasteiger partial charge is 0.508 e. The Morgan fingerprint density at radius 2 is 1.79 bits per heavy atom. The summed E-state index contributed by atoms with van der Waals surface area (Å²) in [4.78, 5) is 0. The zero-order chi connectivity index (χ0) is 17.1. The number of thiocarbonyl (C=S) groups is 1. The molecule has 5 heteroatoms. The fourth-order valence-corrected chi connectivity index (χ4v) is 2.97. The highest BCUT2D eigenvalue weighted by Crippen LogP contribution is 2.36. The molecule has 0 aromatic heterocycles. The van der Waals surface area contributed by atoms with Crippen molar-refractivity contribution in [1.29, 1.82) is 0 Å². The summed E-state index contributed by atoms with van der Waals surface area (Å²) in [5, 5.41) is 15.7. The molecule has 3 rings (SSSR count). The Labute approximate surface area is 145 Å². The second-order valence-electron chi connectivity index (χ2n) is 5.43. The lowest BCUT2D eigenvalue weighted by atomic mass is 9.93. The zero-order valence-corrected chi connectivity index (χ0v) is 14.0. The van der Waals surface area contributed by atoms with Gasteiger partial charge in [0.1, 0.15) is 11.5 Å². The van der Waals surface area contributed by atoms with Crippen LogP contribution in [0.3, 0.4) is 0 Å². The van der Waals surface area contributed by atoms with E-state index in [-0.39, 0.29) is 16.9 Å². The van der Waals surface area contributed by atoms with Crippen LogP contribution in [0.4, 0.5) is 0 Å². The molecular formula is C19H18N2O2S. The van der Waals surface area contributed by atoms with Gasteiger partial charge in [-0.3, -0.25) is 0 Å². The Morgan fingerprint density at radius 3 is 2.46 bits per heavy atom. The smallest absolute Gasteiger partial charge is 0.164 e. The average molecular weight is 338 g/mol. The van der Waals surface area contributed by atoms with E-state index in [9.17, 15) is 5.11 Å². The maximum Gasteiger partial charge on any atom is 0.164 e. The van der Waals surface area contributed by atoms with Crippen molar-refractivity contribution in [3.05, 3.63) is 71.8 Å². The second-order valence-corrected chi connectivity index (χ2v) is 5.87. The number of methoxy groups -OCH3 is 1. The van der Waals surface area contributed by atoms with Gasteiger partial charge in [-0.15, -0.1) is 0 Å². The van der Waals surface area contributed by atoms with Crippen LogP contribution < -0.4 is 15.8 Å². The Bertz CT molecular complexity index is 878. The van der Waals surface area contributed by atoms with Crippen molar-refractivity contribution >= 4 is 28.1 Å². The molecule has 0 radical (unpaired) electrons. The number of phenols is 1. The SMILES string of the molecule is COc1ccc(C(NC(N)=S)c2c(O)ccc3ccccc23)cc1. The molecule has 24 heavy (non-hydrogen) atoms. The molecule has 0 amide bonds. The van der Waals surface area contributed by atoms with E-state index in [4.69, 9.17) is 22.7 Å². The molecule has 1 unspecified atom stereocenters. The molecule has 0 saturated heterocycles. The monoisotopic (exact) mass is 338 g/mol. The fourth-order valence-electron chi connectivity index (χ4n) is 2.85. The number of hydrogen-bond donors (Lipinski definition) is 3. The van der Waals surface area contributed by atoms with Crippen molar-refractivity contribution in [3.63, 3.8) is 0 Å².